The van der Waals surface area contributed by atoms with E-state index in [9.17, 15) is 0 Å². The van der Waals surface area contributed by atoms with E-state index in [0.29, 0.717) is 0 Å². The van der Waals surface area contributed by atoms with Crippen LogP contribution in [-0.2, 0) is 4.74 Å². The molecule has 1 aliphatic heterocycles. The van der Waals surface area contributed by atoms with Crippen molar-refractivity contribution in [1.29, 1.82) is 5.41 Å². The Kier molecular flexibility index (Phi) is 4.22. The van der Waals surface area contributed by atoms with Gasteiger partial charge in [0.05, 0.1) is 11.9 Å². The summed E-state index contributed by atoms with van der Waals surface area (Å²) < 4.78 is 5.52. The first kappa shape index (κ1) is 10.5. The van der Waals surface area contributed by atoms with E-state index in [1.54, 1.807) is 0 Å². The van der Waals surface area contributed by atoms with Crippen LogP contribution < -0.4 is 0 Å². The third-order valence-electron chi connectivity index (χ3n) is 2.32. The number of amidine groups is 1. The first-order valence-corrected chi connectivity index (χ1v) is 5.18. The van der Waals surface area contributed by atoms with Crippen LogP contribution in [0.4, 0.5) is 0 Å². The Morgan fingerprint density at radius 1 is 1.62 bits per heavy atom. The molecule has 1 unspecified atom stereocenters. The van der Waals surface area contributed by atoms with Gasteiger partial charge in [0.1, 0.15) is 0 Å². The second-order valence-corrected chi connectivity index (χ2v) is 3.68. The molecule has 1 N–H and O–H groups in total. The smallest absolute Gasteiger partial charge is 0.0958 e. The van der Waals surface area contributed by atoms with Gasteiger partial charge in [-0.1, -0.05) is 6.92 Å². The van der Waals surface area contributed by atoms with Gasteiger partial charge in [-0.2, -0.15) is 0 Å². The van der Waals surface area contributed by atoms with Crippen molar-refractivity contribution >= 4 is 5.84 Å². The molecule has 0 aromatic carbocycles. The maximum atomic E-state index is 7.84. The summed E-state index contributed by atoms with van der Waals surface area (Å²) in [5, 5.41) is 7.84. The lowest BCUT2D eigenvalue weighted by Crippen LogP contribution is -2.35. The molecule has 0 saturated carbocycles. The standard InChI is InChI=1S/C10H20N2O/c1-3-5-10(11)12-6-4-7-13-9(2)8-12/h9,11H,3-8H2,1-2H3. The topological polar surface area (TPSA) is 36.3 Å². The maximum absolute atomic E-state index is 7.84. The average molecular weight is 184 g/mol. The third kappa shape index (κ3) is 3.35. The summed E-state index contributed by atoms with van der Waals surface area (Å²) >= 11 is 0. The summed E-state index contributed by atoms with van der Waals surface area (Å²) in [7, 11) is 0. The van der Waals surface area contributed by atoms with Gasteiger partial charge < -0.3 is 9.64 Å². The van der Waals surface area contributed by atoms with Gasteiger partial charge in [-0.25, -0.2) is 0 Å². The summed E-state index contributed by atoms with van der Waals surface area (Å²) in [6.07, 6.45) is 3.29. The summed E-state index contributed by atoms with van der Waals surface area (Å²) in [5.41, 5.74) is 0. The predicted molar refractivity (Wildman–Crippen MR) is 54.2 cm³/mol. The second-order valence-electron chi connectivity index (χ2n) is 3.68. The molecule has 0 aliphatic carbocycles. The fraction of sp³-hybridized carbons (Fsp3) is 0.900. The van der Waals surface area contributed by atoms with E-state index >= 15 is 0 Å². The fourth-order valence-electron chi connectivity index (χ4n) is 1.63. The molecule has 3 nitrogen and oxygen atoms in total. The zero-order valence-corrected chi connectivity index (χ0v) is 8.68. The molecule has 76 valence electrons. The van der Waals surface area contributed by atoms with Crippen LogP contribution in [0.5, 0.6) is 0 Å². The number of hydrogen-bond donors (Lipinski definition) is 1. The van der Waals surface area contributed by atoms with Crippen molar-refractivity contribution in [3.8, 4) is 0 Å². The van der Waals surface area contributed by atoms with Gasteiger partial charge in [0.15, 0.2) is 0 Å². The van der Waals surface area contributed by atoms with Crippen molar-refractivity contribution in [3.05, 3.63) is 0 Å². The molecule has 1 rings (SSSR count). The van der Waals surface area contributed by atoms with E-state index in [4.69, 9.17) is 10.1 Å². The van der Waals surface area contributed by atoms with Gasteiger partial charge in [-0.05, 0) is 19.8 Å². The molecular weight excluding hydrogens is 164 g/mol. The minimum Gasteiger partial charge on any atom is -0.377 e. The van der Waals surface area contributed by atoms with Crippen LogP contribution >= 0.6 is 0 Å². The van der Waals surface area contributed by atoms with Gasteiger partial charge in [-0.15, -0.1) is 0 Å². The van der Waals surface area contributed by atoms with E-state index in [-0.39, 0.29) is 6.10 Å². The van der Waals surface area contributed by atoms with Crippen molar-refractivity contribution in [2.45, 2.75) is 39.2 Å². The first-order chi connectivity index (χ1) is 6.24. The van der Waals surface area contributed by atoms with Crippen LogP contribution in [0.1, 0.15) is 33.1 Å². The highest BCUT2D eigenvalue weighted by atomic mass is 16.5. The van der Waals surface area contributed by atoms with E-state index in [1.807, 2.05) is 0 Å². The Morgan fingerprint density at radius 3 is 3.08 bits per heavy atom. The molecule has 3 heteroatoms. The van der Waals surface area contributed by atoms with Crippen molar-refractivity contribution in [2.75, 3.05) is 19.7 Å². The first-order valence-electron chi connectivity index (χ1n) is 5.18. The fourth-order valence-corrected chi connectivity index (χ4v) is 1.63. The molecule has 0 bridgehead atoms. The van der Waals surface area contributed by atoms with E-state index < -0.39 is 0 Å². The molecule has 1 atom stereocenters. The lowest BCUT2D eigenvalue weighted by Gasteiger charge is -2.24. The highest BCUT2D eigenvalue weighted by Crippen LogP contribution is 2.07. The van der Waals surface area contributed by atoms with Crippen LogP contribution in [0.25, 0.3) is 0 Å². The number of nitrogens with one attached hydrogen (secondary N) is 1. The molecule has 0 radical (unpaired) electrons. The highest BCUT2D eigenvalue weighted by molar-refractivity contribution is 5.79. The summed E-state index contributed by atoms with van der Waals surface area (Å²) in [5.74, 6) is 0.778. The monoisotopic (exact) mass is 184 g/mol. The second kappa shape index (κ2) is 5.22. The van der Waals surface area contributed by atoms with Crippen molar-refractivity contribution in [2.24, 2.45) is 0 Å². The van der Waals surface area contributed by atoms with Crippen LogP contribution in [0.3, 0.4) is 0 Å². The summed E-state index contributed by atoms with van der Waals surface area (Å²) in [6.45, 7) is 6.92. The molecule has 1 heterocycles. The van der Waals surface area contributed by atoms with Gasteiger partial charge in [0, 0.05) is 26.1 Å². The summed E-state index contributed by atoms with van der Waals surface area (Å²) in [4.78, 5) is 2.15. The van der Waals surface area contributed by atoms with Crippen molar-refractivity contribution in [3.63, 3.8) is 0 Å². The predicted octanol–water partition coefficient (Wildman–Crippen LogP) is 1.87. The lowest BCUT2D eigenvalue weighted by atomic mass is 10.2. The van der Waals surface area contributed by atoms with Gasteiger partial charge in [-0.3, -0.25) is 5.41 Å². The summed E-state index contributed by atoms with van der Waals surface area (Å²) in [6, 6.07) is 0. The SMILES string of the molecule is CCCC(=N)N1CCCOC(C)C1. The van der Waals surface area contributed by atoms with E-state index in [2.05, 4.69) is 18.7 Å². The molecule has 1 saturated heterocycles. The molecule has 1 aliphatic rings. The third-order valence-corrected chi connectivity index (χ3v) is 2.32. The Hall–Kier alpha value is -0.570. The molecule has 0 spiro atoms. The van der Waals surface area contributed by atoms with Gasteiger partial charge in [0.25, 0.3) is 0 Å². The molecule has 13 heavy (non-hydrogen) atoms. The van der Waals surface area contributed by atoms with E-state index in [0.717, 1.165) is 44.8 Å². The van der Waals surface area contributed by atoms with Crippen LogP contribution in [0, 0.1) is 5.41 Å². The minimum atomic E-state index is 0.278. The Bertz CT molecular complexity index is 170. The molecular formula is C10H20N2O. The van der Waals surface area contributed by atoms with Crippen molar-refractivity contribution < 1.29 is 4.74 Å². The van der Waals surface area contributed by atoms with Crippen LogP contribution in [-0.4, -0.2) is 36.5 Å². The largest absolute Gasteiger partial charge is 0.377 e. The number of nitrogens with zero attached hydrogens (tertiary/aromatic N) is 1. The van der Waals surface area contributed by atoms with Gasteiger partial charge in [0.2, 0.25) is 0 Å². The maximum Gasteiger partial charge on any atom is 0.0958 e. The van der Waals surface area contributed by atoms with Gasteiger partial charge >= 0.3 is 0 Å². The number of hydrogen-bond acceptors (Lipinski definition) is 2. The zero-order valence-electron chi connectivity index (χ0n) is 8.68. The zero-order chi connectivity index (χ0) is 9.68. The normalized spacial score (nSPS) is 24.2. The Morgan fingerprint density at radius 2 is 2.38 bits per heavy atom. The quantitative estimate of drug-likeness (QED) is 0.525. The average Bonchev–Trinajstić information content (AvgIpc) is 2.30. The Labute approximate surface area is 80.6 Å². The Balaban J connectivity index is 2.42. The highest BCUT2D eigenvalue weighted by Gasteiger charge is 2.16. The number of rotatable bonds is 2. The number of ether oxygens (including phenoxy) is 1. The van der Waals surface area contributed by atoms with Crippen LogP contribution in [0.15, 0.2) is 0 Å². The minimum absolute atomic E-state index is 0.278. The van der Waals surface area contributed by atoms with Crippen molar-refractivity contribution in [1.82, 2.24) is 4.90 Å². The molecule has 0 amide bonds. The lowest BCUT2D eigenvalue weighted by molar-refractivity contribution is 0.0741. The molecule has 0 aromatic rings. The molecule has 0 aromatic heterocycles. The van der Waals surface area contributed by atoms with Crippen LogP contribution in [0.2, 0.25) is 0 Å². The van der Waals surface area contributed by atoms with E-state index in [1.165, 1.54) is 0 Å². The molecule has 1 fully saturated rings.